The molecule has 0 aliphatic rings. The molecule has 0 fully saturated rings. The molecule has 0 saturated carbocycles. The largest absolute Gasteiger partial charge is 0.494 e. The number of carbonyl (C=O) groups excluding carboxylic acids is 1. The first kappa shape index (κ1) is 20.1. The fourth-order valence-electron chi connectivity index (χ4n) is 2.67. The molecule has 146 valence electrons. The summed E-state index contributed by atoms with van der Waals surface area (Å²) in [6, 6.07) is 14.3. The summed E-state index contributed by atoms with van der Waals surface area (Å²) >= 11 is 5.92. The van der Waals surface area contributed by atoms with E-state index in [1.54, 1.807) is 54.2 Å². The predicted octanol–water partition coefficient (Wildman–Crippen LogP) is 3.89. The third-order valence-corrected chi connectivity index (χ3v) is 5.56. The zero-order chi connectivity index (χ0) is 20.1. The second kappa shape index (κ2) is 9.03. The molecular weight excluding hydrogens is 398 g/mol. The fraction of sp³-hybridized carbons (Fsp3) is 0.200. The first-order valence-electron chi connectivity index (χ1n) is 8.66. The second-order valence-corrected chi connectivity index (χ2v) is 7.77. The standard InChI is InChI=1S/C20H20ClN3O3S/c1-3-27-17-10-8-16(9-11-17)23-19(25)13-28(26)20-22-12-18(24(20)2)14-4-6-15(21)7-5-14/h4-12H,3,13H2,1-2H3,(H,23,25). The summed E-state index contributed by atoms with van der Waals surface area (Å²) in [5.41, 5.74) is 2.32. The molecule has 3 rings (SSSR count). The molecule has 28 heavy (non-hydrogen) atoms. The first-order valence-corrected chi connectivity index (χ1v) is 10.4. The quantitative estimate of drug-likeness (QED) is 0.633. The third-order valence-electron chi connectivity index (χ3n) is 4.00. The Labute approximate surface area is 171 Å². The van der Waals surface area contributed by atoms with Gasteiger partial charge in [0.25, 0.3) is 0 Å². The smallest absolute Gasteiger partial charge is 0.237 e. The van der Waals surface area contributed by atoms with Crippen LogP contribution in [-0.4, -0.2) is 32.0 Å². The summed E-state index contributed by atoms with van der Waals surface area (Å²) in [6.07, 6.45) is 1.64. The van der Waals surface area contributed by atoms with Gasteiger partial charge in [-0.15, -0.1) is 0 Å². The van der Waals surface area contributed by atoms with Crippen LogP contribution < -0.4 is 10.1 Å². The number of aromatic nitrogens is 2. The van der Waals surface area contributed by atoms with E-state index in [0.717, 1.165) is 17.0 Å². The maximum absolute atomic E-state index is 12.6. The molecule has 0 saturated heterocycles. The molecule has 1 unspecified atom stereocenters. The minimum Gasteiger partial charge on any atom is -0.494 e. The molecule has 0 spiro atoms. The van der Waals surface area contributed by atoms with Crippen LogP contribution in [0.2, 0.25) is 5.02 Å². The molecule has 3 aromatic rings. The number of nitrogens with zero attached hydrogens (tertiary/aromatic N) is 2. The van der Waals surface area contributed by atoms with E-state index in [9.17, 15) is 9.00 Å². The number of halogens is 1. The van der Waals surface area contributed by atoms with Gasteiger partial charge in [-0.25, -0.2) is 4.98 Å². The van der Waals surface area contributed by atoms with Crippen molar-refractivity contribution in [3.05, 3.63) is 59.8 Å². The lowest BCUT2D eigenvalue weighted by Gasteiger charge is -2.08. The average Bonchev–Trinajstić information content (AvgIpc) is 3.06. The van der Waals surface area contributed by atoms with Crippen molar-refractivity contribution in [2.75, 3.05) is 17.7 Å². The molecule has 1 N–H and O–H groups in total. The van der Waals surface area contributed by atoms with E-state index in [2.05, 4.69) is 10.3 Å². The van der Waals surface area contributed by atoms with E-state index in [1.165, 1.54) is 0 Å². The van der Waals surface area contributed by atoms with Crippen molar-refractivity contribution in [2.24, 2.45) is 7.05 Å². The Morgan fingerprint density at radius 1 is 1.18 bits per heavy atom. The highest BCUT2D eigenvalue weighted by molar-refractivity contribution is 7.85. The van der Waals surface area contributed by atoms with Crippen LogP contribution in [0.5, 0.6) is 5.75 Å². The molecule has 8 heteroatoms. The minimum absolute atomic E-state index is 0.182. The molecule has 0 aliphatic carbocycles. The van der Waals surface area contributed by atoms with Crippen LogP contribution in [0.4, 0.5) is 5.69 Å². The van der Waals surface area contributed by atoms with Crippen molar-refractivity contribution in [3.8, 4) is 17.0 Å². The Balaban J connectivity index is 1.66. The van der Waals surface area contributed by atoms with Gasteiger partial charge in [0.2, 0.25) is 5.91 Å². The number of hydrogen-bond acceptors (Lipinski definition) is 4. The van der Waals surface area contributed by atoms with Gasteiger partial charge in [-0.2, -0.15) is 0 Å². The second-order valence-electron chi connectivity index (χ2n) is 5.99. The van der Waals surface area contributed by atoms with Crippen molar-refractivity contribution in [2.45, 2.75) is 12.1 Å². The highest BCUT2D eigenvalue weighted by atomic mass is 35.5. The summed E-state index contributed by atoms with van der Waals surface area (Å²) in [4.78, 5) is 16.5. The van der Waals surface area contributed by atoms with Gasteiger partial charge >= 0.3 is 0 Å². The first-order chi connectivity index (χ1) is 13.5. The lowest BCUT2D eigenvalue weighted by atomic mass is 10.2. The van der Waals surface area contributed by atoms with E-state index in [-0.39, 0.29) is 11.7 Å². The van der Waals surface area contributed by atoms with Crippen molar-refractivity contribution in [1.82, 2.24) is 9.55 Å². The summed E-state index contributed by atoms with van der Waals surface area (Å²) < 4.78 is 19.7. The van der Waals surface area contributed by atoms with E-state index < -0.39 is 10.8 Å². The van der Waals surface area contributed by atoms with Crippen molar-refractivity contribution >= 4 is 34.0 Å². The van der Waals surface area contributed by atoms with E-state index >= 15 is 0 Å². The Hall–Kier alpha value is -2.64. The number of benzene rings is 2. The maximum Gasteiger partial charge on any atom is 0.237 e. The molecule has 0 aliphatic heterocycles. The van der Waals surface area contributed by atoms with E-state index in [4.69, 9.17) is 16.3 Å². The molecule has 0 radical (unpaired) electrons. The number of anilines is 1. The van der Waals surface area contributed by atoms with Crippen molar-refractivity contribution in [3.63, 3.8) is 0 Å². The molecule has 0 bridgehead atoms. The van der Waals surface area contributed by atoms with Gasteiger partial charge in [0.15, 0.2) is 5.16 Å². The van der Waals surface area contributed by atoms with Crippen LogP contribution in [0.3, 0.4) is 0 Å². The Morgan fingerprint density at radius 3 is 2.50 bits per heavy atom. The number of carbonyl (C=O) groups is 1. The van der Waals surface area contributed by atoms with Gasteiger partial charge in [0.1, 0.15) is 11.5 Å². The Morgan fingerprint density at radius 2 is 1.86 bits per heavy atom. The van der Waals surface area contributed by atoms with Crippen LogP contribution in [0, 0.1) is 0 Å². The Kier molecular flexibility index (Phi) is 6.49. The predicted molar refractivity (Wildman–Crippen MR) is 111 cm³/mol. The minimum atomic E-state index is -1.57. The number of imidazole rings is 1. The molecule has 2 aromatic carbocycles. The number of hydrogen-bond donors (Lipinski definition) is 1. The van der Waals surface area contributed by atoms with Gasteiger partial charge in [0, 0.05) is 17.8 Å². The summed E-state index contributed by atoms with van der Waals surface area (Å²) in [7, 11) is 0.198. The van der Waals surface area contributed by atoms with Crippen molar-refractivity contribution in [1.29, 1.82) is 0 Å². The maximum atomic E-state index is 12.6. The SMILES string of the molecule is CCOc1ccc(NC(=O)CS(=O)c2ncc(-c3ccc(Cl)cc3)n2C)cc1. The Bertz CT molecular complexity index is 985. The normalized spacial score (nSPS) is 11.8. The molecule has 6 nitrogen and oxygen atoms in total. The summed E-state index contributed by atoms with van der Waals surface area (Å²) in [5.74, 6) is 0.198. The van der Waals surface area contributed by atoms with Crippen LogP contribution in [-0.2, 0) is 22.6 Å². The number of rotatable bonds is 7. The highest BCUT2D eigenvalue weighted by Crippen LogP contribution is 2.23. The van der Waals surface area contributed by atoms with Gasteiger partial charge in [-0.05, 0) is 48.9 Å². The average molecular weight is 418 g/mol. The highest BCUT2D eigenvalue weighted by Gasteiger charge is 2.17. The van der Waals surface area contributed by atoms with Crippen LogP contribution in [0.25, 0.3) is 11.3 Å². The summed E-state index contributed by atoms with van der Waals surface area (Å²) in [6.45, 7) is 2.48. The zero-order valence-corrected chi connectivity index (χ0v) is 17.1. The van der Waals surface area contributed by atoms with Gasteiger partial charge in [0.05, 0.1) is 29.3 Å². The van der Waals surface area contributed by atoms with Crippen LogP contribution in [0.15, 0.2) is 59.9 Å². The monoisotopic (exact) mass is 417 g/mol. The summed E-state index contributed by atoms with van der Waals surface area (Å²) in [5, 5.41) is 3.72. The lowest BCUT2D eigenvalue weighted by molar-refractivity contribution is -0.113. The van der Waals surface area contributed by atoms with Crippen molar-refractivity contribution < 1.29 is 13.7 Å². The van der Waals surface area contributed by atoms with Crippen LogP contribution in [0.1, 0.15) is 6.92 Å². The van der Waals surface area contributed by atoms with Gasteiger partial charge < -0.3 is 14.6 Å². The molecule has 1 atom stereocenters. The molecule has 1 heterocycles. The fourth-order valence-corrected chi connectivity index (χ4v) is 3.81. The van der Waals surface area contributed by atoms with E-state index in [1.807, 2.05) is 19.1 Å². The number of ether oxygens (including phenoxy) is 1. The molecule has 1 aromatic heterocycles. The molecule has 1 amide bonds. The lowest BCUT2D eigenvalue weighted by Crippen LogP contribution is -2.21. The molecular formula is C20H20ClN3O3S. The number of amides is 1. The van der Waals surface area contributed by atoms with Gasteiger partial charge in [-0.3, -0.25) is 9.00 Å². The van der Waals surface area contributed by atoms with E-state index in [0.29, 0.717) is 22.5 Å². The van der Waals surface area contributed by atoms with Crippen LogP contribution >= 0.6 is 11.6 Å². The third kappa shape index (κ3) is 4.79. The number of nitrogens with one attached hydrogen (secondary N) is 1. The zero-order valence-electron chi connectivity index (χ0n) is 15.5. The van der Waals surface area contributed by atoms with Gasteiger partial charge in [-0.1, -0.05) is 23.7 Å². The topological polar surface area (TPSA) is 73.2 Å².